The topological polar surface area (TPSA) is 77.0 Å². The normalized spacial score (nSPS) is 12.8. The Bertz CT molecular complexity index is 1510. The number of hydrogen-bond acceptors (Lipinski definition) is 5. The SMILES string of the molecule is Cc1c(-c2ccc(OC(C)c3ccc(Cl)cc3Cl)nc2)sc2c1c(=O)[nH]c(=O)n2CCC(F)(F)F. The molecule has 1 aromatic carbocycles. The van der Waals surface area contributed by atoms with E-state index in [0.29, 0.717) is 31.9 Å². The summed E-state index contributed by atoms with van der Waals surface area (Å²) in [6.45, 7) is 2.90. The number of halogens is 5. The van der Waals surface area contributed by atoms with Crippen molar-refractivity contribution in [3.8, 4) is 16.3 Å². The number of rotatable bonds is 6. The molecule has 0 aliphatic carbocycles. The lowest BCUT2D eigenvalue weighted by molar-refractivity contribution is -0.136. The van der Waals surface area contributed by atoms with Gasteiger partial charge in [-0.1, -0.05) is 29.3 Å². The molecule has 0 radical (unpaired) electrons. The van der Waals surface area contributed by atoms with Crippen LogP contribution in [-0.2, 0) is 6.54 Å². The molecule has 6 nitrogen and oxygen atoms in total. The second-order valence-electron chi connectivity index (χ2n) is 7.82. The van der Waals surface area contributed by atoms with Crippen molar-refractivity contribution in [3.63, 3.8) is 0 Å². The first-order valence-corrected chi connectivity index (χ1v) is 11.9. The molecule has 4 rings (SSSR count). The Balaban J connectivity index is 1.65. The van der Waals surface area contributed by atoms with Gasteiger partial charge in [0.05, 0.1) is 11.8 Å². The van der Waals surface area contributed by atoms with E-state index in [2.05, 4.69) is 9.97 Å². The van der Waals surface area contributed by atoms with Crippen LogP contribution in [-0.4, -0.2) is 20.7 Å². The van der Waals surface area contributed by atoms with Crippen LogP contribution in [0.25, 0.3) is 20.7 Å². The minimum atomic E-state index is -4.44. The fraction of sp³-hybridized carbons (Fsp3) is 0.261. The number of H-pyrrole nitrogens is 1. The van der Waals surface area contributed by atoms with E-state index in [1.807, 2.05) is 6.92 Å². The van der Waals surface area contributed by atoms with Crippen molar-refractivity contribution in [1.29, 1.82) is 0 Å². The largest absolute Gasteiger partial charge is 0.470 e. The minimum absolute atomic E-state index is 0.179. The standard InChI is InChI=1S/C23H18Cl2F3N3O3S/c1-11-18-20(32)30-22(33)31(8-7-23(26,27)28)21(18)35-19(11)13-3-6-17(29-10-13)34-12(2)15-5-4-14(24)9-16(15)25/h3-6,9-10,12H,7-8H2,1-2H3,(H,30,32,33). The zero-order valence-corrected chi connectivity index (χ0v) is 20.7. The molecule has 184 valence electrons. The maximum Gasteiger partial charge on any atom is 0.390 e. The number of ether oxygens (including phenoxy) is 1. The molecule has 35 heavy (non-hydrogen) atoms. The summed E-state index contributed by atoms with van der Waals surface area (Å²) in [7, 11) is 0. The van der Waals surface area contributed by atoms with Crippen molar-refractivity contribution in [2.75, 3.05) is 0 Å². The minimum Gasteiger partial charge on any atom is -0.470 e. The lowest BCUT2D eigenvalue weighted by Crippen LogP contribution is -2.31. The monoisotopic (exact) mass is 543 g/mol. The van der Waals surface area contributed by atoms with Gasteiger partial charge in [0.25, 0.3) is 5.56 Å². The Morgan fingerprint density at radius 1 is 1.20 bits per heavy atom. The van der Waals surface area contributed by atoms with E-state index in [0.717, 1.165) is 21.5 Å². The van der Waals surface area contributed by atoms with Gasteiger partial charge in [-0.25, -0.2) is 9.78 Å². The van der Waals surface area contributed by atoms with Crippen LogP contribution in [0.4, 0.5) is 13.2 Å². The average molecular weight is 544 g/mol. The maximum atomic E-state index is 12.8. The van der Waals surface area contributed by atoms with Gasteiger partial charge in [-0.15, -0.1) is 11.3 Å². The van der Waals surface area contributed by atoms with Crippen LogP contribution in [0.5, 0.6) is 5.88 Å². The molecule has 4 aromatic rings. The molecule has 1 unspecified atom stereocenters. The van der Waals surface area contributed by atoms with Gasteiger partial charge < -0.3 is 4.74 Å². The van der Waals surface area contributed by atoms with E-state index >= 15 is 0 Å². The second kappa shape index (κ2) is 9.67. The smallest absolute Gasteiger partial charge is 0.390 e. The summed E-state index contributed by atoms with van der Waals surface area (Å²) in [5.74, 6) is 0.325. The number of aromatic nitrogens is 3. The Hall–Kier alpha value is -2.82. The molecule has 3 heterocycles. The van der Waals surface area contributed by atoms with Gasteiger partial charge in [0.15, 0.2) is 0 Å². The van der Waals surface area contributed by atoms with Gasteiger partial charge in [-0.2, -0.15) is 13.2 Å². The second-order valence-corrected chi connectivity index (χ2v) is 9.67. The first kappa shape index (κ1) is 25.3. The summed E-state index contributed by atoms with van der Waals surface area (Å²) in [4.78, 5) is 31.9. The van der Waals surface area contributed by atoms with E-state index in [9.17, 15) is 22.8 Å². The van der Waals surface area contributed by atoms with Gasteiger partial charge >= 0.3 is 11.9 Å². The fourth-order valence-electron chi connectivity index (χ4n) is 3.65. The molecule has 0 bridgehead atoms. The average Bonchev–Trinajstić information content (AvgIpc) is 3.10. The molecule has 3 aromatic heterocycles. The predicted molar refractivity (Wildman–Crippen MR) is 131 cm³/mol. The molecule has 0 amide bonds. The van der Waals surface area contributed by atoms with Gasteiger partial charge in [0.2, 0.25) is 5.88 Å². The van der Waals surface area contributed by atoms with E-state index in [-0.39, 0.29) is 10.2 Å². The summed E-state index contributed by atoms with van der Waals surface area (Å²) in [6.07, 6.45) is -4.51. The number of thiophene rings is 1. The Morgan fingerprint density at radius 2 is 1.94 bits per heavy atom. The van der Waals surface area contributed by atoms with Crippen molar-refractivity contribution in [1.82, 2.24) is 14.5 Å². The number of nitrogens with one attached hydrogen (secondary N) is 1. The first-order chi connectivity index (χ1) is 16.4. The highest BCUT2D eigenvalue weighted by Crippen LogP contribution is 2.37. The van der Waals surface area contributed by atoms with Gasteiger partial charge in [-0.05, 0) is 37.6 Å². The Labute approximate surface area is 210 Å². The molecular weight excluding hydrogens is 526 g/mol. The fourth-order valence-corrected chi connectivity index (χ4v) is 5.53. The number of fused-ring (bicyclic) bond motifs is 1. The third kappa shape index (κ3) is 5.39. The Kier molecular flexibility index (Phi) is 6.99. The van der Waals surface area contributed by atoms with Crippen LogP contribution in [0.1, 0.15) is 30.6 Å². The van der Waals surface area contributed by atoms with Crippen molar-refractivity contribution >= 4 is 44.8 Å². The van der Waals surface area contributed by atoms with Crippen LogP contribution in [0, 0.1) is 6.92 Å². The highest BCUT2D eigenvalue weighted by molar-refractivity contribution is 7.22. The molecule has 0 spiro atoms. The number of aromatic amines is 1. The van der Waals surface area contributed by atoms with Crippen LogP contribution < -0.4 is 16.0 Å². The summed E-state index contributed by atoms with van der Waals surface area (Å²) < 4.78 is 45.1. The van der Waals surface area contributed by atoms with Crippen LogP contribution >= 0.6 is 34.5 Å². The molecule has 0 aliphatic rings. The third-order valence-electron chi connectivity index (χ3n) is 5.38. The van der Waals surface area contributed by atoms with Crippen LogP contribution in [0.2, 0.25) is 10.0 Å². The molecule has 1 N–H and O–H groups in total. The molecular formula is C23H18Cl2F3N3O3S. The molecule has 1 atom stereocenters. The summed E-state index contributed by atoms with van der Waals surface area (Å²) >= 11 is 13.2. The lowest BCUT2D eigenvalue weighted by atomic mass is 10.1. The number of pyridine rings is 1. The number of nitrogens with zero attached hydrogens (tertiary/aromatic N) is 2. The van der Waals surface area contributed by atoms with Crippen molar-refractivity contribution < 1.29 is 17.9 Å². The van der Waals surface area contributed by atoms with Crippen molar-refractivity contribution in [3.05, 3.63) is 78.5 Å². The summed E-state index contributed by atoms with van der Waals surface area (Å²) in [5, 5.41) is 1.15. The van der Waals surface area contributed by atoms with Gasteiger partial charge in [-0.3, -0.25) is 14.3 Å². The number of alkyl halides is 3. The molecule has 12 heteroatoms. The molecule has 0 saturated heterocycles. The van der Waals surface area contributed by atoms with E-state index in [4.69, 9.17) is 27.9 Å². The van der Waals surface area contributed by atoms with Gasteiger partial charge in [0.1, 0.15) is 10.9 Å². The predicted octanol–water partition coefficient (Wildman–Crippen LogP) is 6.52. The zero-order valence-electron chi connectivity index (χ0n) is 18.4. The molecule has 0 aliphatic heterocycles. The van der Waals surface area contributed by atoms with Crippen LogP contribution in [0.15, 0.2) is 46.1 Å². The maximum absolute atomic E-state index is 12.8. The van der Waals surface area contributed by atoms with E-state index in [1.54, 1.807) is 37.3 Å². The van der Waals surface area contributed by atoms with Crippen LogP contribution in [0.3, 0.4) is 0 Å². The number of aryl methyl sites for hydroxylation is 2. The Morgan fingerprint density at radius 3 is 2.57 bits per heavy atom. The lowest BCUT2D eigenvalue weighted by Gasteiger charge is -2.16. The zero-order chi connectivity index (χ0) is 25.5. The molecule has 0 fully saturated rings. The summed E-state index contributed by atoms with van der Waals surface area (Å²) in [6, 6.07) is 8.46. The quantitative estimate of drug-likeness (QED) is 0.300. The van der Waals surface area contributed by atoms with E-state index < -0.39 is 36.5 Å². The number of benzene rings is 1. The summed E-state index contributed by atoms with van der Waals surface area (Å²) in [5.41, 5.74) is 0.385. The van der Waals surface area contributed by atoms with Gasteiger partial charge in [0, 0.05) is 44.9 Å². The number of hydrogen-bond donors (Lipinski definition) is 1. The first-order valence-electron chi connectivity index (χ1n) is 10.4. The highest BCUT2D eigenvalue weighted by atomic mass is 35.5. The van der Waals surface area contributed by atoms with Crippen molar-refractivity contribution in [2.45, 2.75) is 39.1 Å². The third-order valence-corrected chi connectivity index (χ3v) is 7.31. The van der Waals surface area contributed by atoms with Crippen molar-refractivity contribution in [2.24, 2.45) is 0 Å². The van der Waals surface area contributed by atoms with E-state index in [1.165, 1.54) is 6.20 Å². The molecule has 0 saturated carbocycles. The highest BCUT2D eigenvalue weighted by Gasteiger charge is 2.28.